The molecule has 49 heavy (non-hydrogen) atoms. The molecule has 5 heterocycles. The average Bonchev–Trinajstić information content (AvgIpc) is 3.11. The van der Waals surface area contributed by atoms with Crippen LogP contribution >= 0.6 is 0 Å². The zero-order valence-corrected chi connectivity index (χ0v) is 27.2. The van der Waals surface area contributed by atoms with Crippen LogP contribution in [0.2, 0.25) is 0 Å². The number of hydrogen-bond acceptors (Lipinski definition) is 4. The van der Waals surface area contributed by atoms with Crippen molar-refractivity contribution in [1.82, 2.24) is 10.6 Å². The third-order valence-corrected chi connectivity index (χ3v) is 9.23. The zero-order valence-electron chi connectivity index (χ0n) is 27.2. The average molecular weight is 651 g/mol. The van der Waals surface area contributed by atoms with Crippen LogP contribution in [0.1, 0.15) is 36.1 Å². The molecule has 7 heteroatoms. The SMILES string of the molecule is C[C@]12C=C[C@H](C(=O)N1)[C@]1(C)C=C[C@H]2C(=O)N1.O.OC(C#CC#CC(O)(c1ccccc1)c1ccccc1)(c1ccccc1)c1ccccc1. The molecule has 246 valence electrons. The van der Waals surface area contributed by atoms with Gasteiger partial charge in [0.15, 0.2) is 11.2 Å². The largest absolute Gasteiger partial charge is 0.412 e. The lowest BCUT2D eigenvalue weighted by atomic mass is 9.69. The minimum Gasteiger partial charge on any atom is -0.412 e. The highest BCUT2D eigenvalue weighted by atomic mass is 16.3. The number of rotatable bonds is 4. The summed E-state index contributed by atoms with van der Waals surface area (Å²) in [6, 6.07) is 37.1. The van der Waals surface area contributed by atoms with Gasteiger partial charge >= 0.3 is 0 Å². The Balaban J connectivity index is 0.000000230. The lowest BCUT2D eigenvalue weighted by molar-refractivity contribution is -0.136. The second-order valence-corrected chi connectivity index (χ2v) is 12.6. The lowest BCUT2D eigenvalue weighted by Gasteiger charge is -2.49. The molecule has 4 atom stereocenters. The van der Waals surface area contributed by atoms with E-state index >= 15 is 0 Å². The summed E-state index contributed by atoms with van der Waals surface area (Å²) in [4.78, 5) is 24.0. The molecule has 2 amide bonds. The lowest BCUT2D eigenvalue weighted by Crippen LogP contribution is -2.69. The van der Waals surface area contributed by atoms with E-state index in [2.05, 4.69) is 34.3 Å². The molecule has 0 aromatic heterocycles. The van der Waals surface area contributed by atoms with E-state index in [0.29, 0.717) is 22.3 Å². The minimum atomic E-state index is -1.52. The number of hydrogen-bond donors (Lipinski definition) is 4. The molecule has 1 fully saturated rings. The molecule has 1 aliphatic carbocycles. The van der Waals surface area contributed by atoms with Crippen molar-refractivity contribution >= 4 is 11.8 Å². The monoisotopic (exact) mass is 650 g/mol. The highest BCUT2D eigenvalue weighted by molar-refractivity contribution is 5.93. The summed E-state index contributed by atoms with van der Waals surface area (Å²) in [7, 11) is 0. The summed E-state index contributed by atoms with van der Waals surface area (Å²) >= 11 is 0. The van der Waals surface area contributed by atoms with Crippen LogP contribution in [0.3, 0.4) is 0 Å². The third kappa shape index (κ3) is 6.69. The second-order valence-electron chi connectivity index (χ2n) is 12.6. The molecule has 7 nitrogen and oxygen atoms in total. The number of carbonyl (C=O) groups excluding carboxylic acids is 2. The van der Waals surface area contributed by atoms with Gasteiger partial charge in [-0.15, -0.1) is 0 Å². The number of nitrogens with one attached hydrogen (secondary N) is 2. The van der Waals surface area contributed by atoms with Crippen molar-refractivity contribution < 1.29 is 25.3 Å². The molecule has 5 aliphatic heterocycles. The molecular weight excluding hydrogens is 612 g/mol. The topological polar surface area (TPSA) is 130 Å². The predicted octanol–water partition coefficient (Wildman–Crippen LogP) is 4.16. The third-order valence-electron chi connectivity index (χ3n) is 9.23. The highest BCUT2D eigenvalue weighted by Gasteiger charge is 2.52. The van der Waals surface area contributed by atoms with E-state index in [0.717, 1.165) is 0 Å². The van der Waals surface area contributed by atoms with E-state index < -0.39 is 22.3 Å². The van der Waals surface area contributed by atoms with Crippen LogP contribution in [0.5, 0.6) is 0 Å². The van der Waals surface area contributed by atoms with Gasteiger partial charge in [0.25, 0.3) is 0 Å². The van der Waals surface area contributed by atoms with Crippen LogP contribution in [0.25, 0.3) is 0 Å². The van der Waals surface area contributed by atoms with E-state index in [-0.39, 0.29) is 29.1 Å². The van der Waals surface area contributed by atoms with E-state index in [1.807, 2.05) is 159 Å². The first-order valence-electron chi connectivity index (χ1n) is 15.8. The van der Waals surface area contributed by atoms with Crippen LogP contribution in [0.15, 0.2) is 146 Å². The van der Waals surface area contributed by atoms with Gasteiger partial charge in [0.2, 0.25) is 11.8 Å². The fraction of sp³-hybridized carbons (Fsp3) is 0.190. The molecule has 4 bridgehead atoms. The Labute approximate surface area is 286 Å². The summed E-state index contributed by atoms with van der Waals surface area (Å²) in [5.41, 5.74) is -1.59. The van der Waals surface area contributed by atoms with Crippen molar-refractivity contribution in [2.75, 3.05) is 0 Å². The van der Waals surface area contributed by atoms with E-state index in [1.165, 1.54) is 0 Å². The van der Waals surface area contributed by atoms with Crippen molar-refractivity contribution in [3.63, 3.8) is 0 Å². The van der Waals surface area contributed by atoms with Gasteiger partial charge in [0.1, 0.15) is 0 Å². The molecule has 6 aliphatic rings. The molecule has 4 aromatic carbocycles. The van der Waals surface area contributed by atoms with Crippen molar-refractivity contribution in [3.05, 3.63) is 168 Å². The maximum Gasteiger partial charge on any atom is 0.230 e. The summed E-state index contributed by atoms with van der Waals surface area (Å²) in [5, 5.41) is 28.9. The van der Waals surface area contributed by atoms with Crippen LogP contribution in [-0.4, -0.2) is 38.6 Å². The first kappa shape index (κ1) is 34.6. The summed E-state index contributed by atoms with van der Waals surface area (Å²) in [5.74, 6) is 10.8. The summed E-state index contributed by atoms with van der Waals surface area (Å²) in [6.07, 6.45) is 7.72. The standard InChI is InChI=1S/C30H22O2.C12H14N2O2.H2O/c31-29(25-15-5-1-6-16-25,26-17-7-2-8-18-26)23-13-14-24-30(32,27-19-9-3-10-20-27)28-21-11-4-12-22-28;1-11-5-3-8(10(16)13-11)12(2)6-4-7(11)9(15)14-12;/h1-12,15-22,31-32H;3-8H,1-2H3,(H,13,16)(H,14,15);1H2/t;7-,8+,11+,12-;. The van der Waals surface area contributed by atoms with Gasteiger partial charge in [0.05, 0.1) is 22.9 Å². The second kappa shape index (κ2) is 13.8. The Morgan fingerprint density at radius 3 is 1.04 bits per heavy atom. The van der Waals surface area contributed by atoms with Crippen molar-refractivity contribution in [1.29, 1.82) is 0 Å². The van der Waals surface area contributed by atoms with Crippen molar-refractivity contribution in [3.8, 4) is 23.7 Å². The van der Waals surface area contributed by atoms with Gasteiger partial charge in [-0.2, -0.15) is 0 Å². The molecule has 10 rings (SSSR count). The van der Waals surface area contributed by atoms with Gasteiger partial charge in [-0.05, 0) is 37.5 Å². The molecule has 6 N–H and O–H groups in total. The maximum atomic E-state index is 12.0. The predicted molar refractivity (Wildman–Crippen MR) is 189 cm³/mol. The van der Waals surface area contributed by atoms with Gasteiger partial charge in [0, 0.05) is 22.3 Å². The van der Waals surface area contributed by atoms with Crippen LogP contribution < -0.4 is 10.6 Å². The Morgan fingerprint density at radius 1 is 0.531 bits per heavy atom. The Morgan fingerprint density at radius 2 is 0.796 bits per heavy atom. The van der Waals surface area contributed by atoms with Crippen molar-refractivity contribution in [2.45, 2.75) is 36.1 Å². The Hall–Kier alpha value is -5.70. The van der Waals surface area contributed by atoms with Gasteiger partial charge in [-0.25, -0.2) is 0 Å². The summed E-state index contributed by atoms with van der Waals surface area (Å²) in [6.45, 7) is 3.75. The molecule has 0 unspecified atom stereocenters. The molecule has 0 radical (unpaired) electrons. The fourth-order valence-electron chi connectivity index (χ4n) is 6.43. The normalized spacial score (nSPS) is 23.0. The molecular formula is C42H38N2O5. The van der Waals surface area contributed by atoms with Gasteiger partial charge < -0.3 is 26.3 Å². The van der Waals surface area contributed by atoms with Crippen LogP contribution in [0.4, 0.5) is 0 Å². The number of carbonyl (C=O) groups is 2. The minimum absolute atomic E-state index is 0. The van der Waals surface area contributed by atoms with E-state index in [4.69, 9.17) is 0 Å². The van der Waals surface area contributed by atoms with Gasteiger partial charge in [-0.1, -0.05) is 146 Å². The van der Waals surface area contributed by atoms with Crippen LogP contribution in [0, 0.1) is 35.5 Å². The maximum absolute atomic E-state index is 12.0. The first-order valence-corrected chi connectivity index (χ1v) is 15.8. The Bertz CT molecular complexity index is 1760. The van der Waals surface area contributed by atoms with E-state index in [1.54, 1.807) is 0 Å². The molecule has 4 aromatic rings. The number of benzene rings is 4. The molecule has 0 spiro atoms. The van der Waals surface area contributed by atoms with Crippen molar-refractivity contribution in [2.24, 2.45) is 11.8 Å². The smallest absolute Gasteiger partial charge is 0.230 e. The first-order chi connectivity index (χ1) is 23.1. The summed E-state index contributed by atoms with van der Waals surface area (Å²) < 4.78 is 0. The quantitative estimate of drug-likeness (QED) is 0.195. The van der Waals surface area contributed by atoms with E-state index in [9.17, 15) is 19.8 Å². The number of aliphatic hydroxyl groups is 2. The van der Waals surface area contributed by atoms with Gasteiger partial charge in [-0.3, -0.25) is 9.59 Å². The zero-order chi connectivity index (χ0) is 33.8. The Kier molecular flexibility index (Phi) is 9.75. The fourth-order valence-corrected chi connectivity index (χ4v) is 6.43. The van der Waals surface area contributed by atoms with Crippen LogP contribution in [-0.2, 0) is 20.8 Å². The number of amides is 2. The molecule has 1 saturated heterocycles. The highest BCUT2D eigenvalue weighted by Crippen LogP contribution is 2.38. The molecule has 0 saturated carbocycles.